The van der Waals surface area contributed by atoms with E-state index in [2.05, 4.69) is 0 Å². The summed E-state index contributed by atoms with van der Waals surface area (Å²) in [4.78, 5) is 1.53. The Morgan fingerprint density at radius 1 is 1.20 bits per heavy atom. The van der Waals surface area contributed by atoms with Gasteiger partial charge in [-0.05, 0) is 43.5 Å². The molecule has 5 heteroatoms. The van der Waals surface area contributed by atoms with Gasteiger partial charge < -0.3 is 5.73 Å². The van der Waals surface area contributed by atoms with E-state index in [1.54, 1.807) is 0 Å². The van der Waals surface area contributed by atoms with Crippen molar-refractivity contribution in [2.24, 2.45) is 0 Å². The van der Waals surface area contributed by atoms with Gasteiger partial charge in [0.05, 0.1) is 6.54 Å². The molecule has 0 aromatic heterocycles. The first-order chi connectivity index (χ1) is 9.35. The van der Waals surface area contributed by atoms with Crippen LogP contribution in [-0.4, -0.2) is 30.7 Å². The lowest BCUT2D eigenvalue weighted by Gasteiger charge is -2.28. The molecule has 0 spiro atoms. The van der Waals surface area contributed by atoms with E-state index >= 15 is 0 Å². The first-order valence-electron chi connectivity index (χ1n) is 7.00. The van der Waals surface area contributed by atoms with Crippen LogP contribution in [0.1, 0.15) is 31.7 Å². The van der Waals surface area contributed by atoms with Crippen molar-refractivity contribution in [3.63, 3.8) is 0 Å². The molecule has 0 bridgehead atoms. The van der Waals surface area contributed by atoms with Gasteiger partial charge in [0.2, 0.25) is 0 Å². The van der Waals surface area contributed by atoms with Crippen molar-refractivity contribution in [1.29, 1.82) is 0 Å². The predicted octanol–water partition coefficient (Wildman–Crippen LogP) is 3.57. The monoisotopic (exact) mass is 286 g/mol. The molecule has 0 radical (unpaired) electrons. The number of nitrogen functional groups attached to an aromatic ring is 1. The summed E-state index contributed by atoms with van der Waals surface area (Å²) >= 11 is 0. The Morgan fingerprint density at radius 3 is 2.25 bits per heavy atom. The van der Waals surface area contributed by atoms with Crippen molar-refractivity contribution in [2.45, 2.75) is 37.8 Å². The number of hydrogen-bond donors (Lipinski definition) is 1. The smallest absolute Gasteiger partial charge is 0.399 e. The van der Waals surface area contributed by atoms with E-state index in [1.165, 1.54) is 4.90 Å². The summed E-state index contributed by atoms with van der Waals surface area (Å²) in [5.41, 5.74) is 7.35. The minimum atomic E-state index is -4.13. The van der Waals surface area contributed by atoms with Crippen molar-refractivity contribution in [1.82, 2.24) is 4.90 Å². The van der Waals surface area contributed by atoms with E-state index in [9.17, 15) is 13.2 Å². The van der Waals surface area contributed by atoms with Gasteiger partial charge in [0.1, 0.15) is 0 Å². The number of hydrogen-bond acceptors (Lipinski definition) is 2. The summed E-state index contributed by atoms with van der Waals surface area (Å²) in [7, 11) is 0. The highest BCUT2D eigenvalue weighted by Gasteiger charge is 2.46. The van der Waals surface area contributed by atoms with Gasteiger partial charge in [-0.2, -0.15) is 13.2 Å². The molecule has 1 aliphatic rings. The van der Waals surface area contributed by atoms with Crippen LogP contribution in [0.5, 0.6) is 0 Å². The molecule has 2 rings (SSSR count). The third kappa shape index (κ3) is 3.88. The molecule has 1 aliphatic carbocycles. The van der Waals surface area contributed by atoms with Crippen LogP contribution in [0.15, 0.2) is 24.3 Å². The number of nitrogens with zero attached hydrogens (tertiary/aromatic N) is 1. The largest absolute Gasteiger partial charge is 0.401 e. The topological polar surface area (TPSA) is 29.3 Å². The van der Waals surface area contributed by atoms with Gasteiger partial charge in [-0.25, -0.2) is 0 Å². The Hall–Kier alpha value is -1.23. The summed E-state index contributed by atoms with van der Waals surface area (Å²) in [5.74, 6) is 0. The molecular weight excluding hydrogens is 265 g/mol. The highest BCUT2D eigenvalue weighted by Crippen LogP contribution is 2.49. The van der Waals surface area contributed by atoms with Crippen LogP contribution in [0.4, 0.5) is 18.9 Å². The first kappa shape index (κ1) is 15.2. The van der Waals surface area contributed by atoms with E-state index in [0.29, 0.717) is 18.8 Å². The van der Waals surface area contributed by atoms with Crippen molar-refractivity contribution < 1.29 is 13.2 Å². The molecule has 1 fully saturated rings. The van der Waals surface area contributed by atoms with Crippen LogP contribution in [0.2, 0.25) is 0 Å². The SMILES string of the molecule is CCCN(CC(F)(F)F)CC1(c2ccc(N)cc2)CC1. The number of alkyl halides is 3. The normalized spacial score (nSPS) is 17.4. The zero-order chi connectivity index (χ0) is 14.8. The summed E-state index contributed by atoms with van der Waals surface area (Å²) < 4.78 is 37.9. The fraction of sp³-hybridized carbons (Fsp3) is 0.600. The first-order valence-corrected chi connectivity index (χ1v) is 7.00. The Bertz CT molecular complexity index is 435. The molecule has 2 N–H and O–H groups in total. The van der Waals surface area contributed by atoms with Gasteiger partial charge in [-0.1, -0.05) is 19.1 Å². The van der Waals surface area contributed by atoms with Gasteiger partial charge in [0.25, 0.3) is 0 Å². The van der Waals surface area contributed by atoms with Crippen molar-refractivity contribution in [2.75, 3.05) is 25.4 Å². The second-order valence-electron chi connectivity index (χ2n) is 5.73. The summed E-state index contributed by atoms with van der Waals surface area (Å²) in [6, 6.07) is 7.53. The minimum Gasteiger partial charge on any atom is -0.399 e. The minimum absolute atomic E-state index is 0.103. The standard InChI is InChI=1S/C15H21F3N2/c1-2-9-20(11-15(16,17)18)10-14(7-8-14)12-3-5-13(19)6-4-12/h3-6H,2,7-11,19H2,1H3. The van der Waals surface area contributed by atoms with Crippen LogP contribution < -0.4 is 5.73 Å². The average Bonchev–Trinajstić information content (AvgIpc) is 3.09. The zero-order valence-corrected chi connectivity index (χ0v) is 11.7. The number of rotatable bonds is 6. The third-order valence-corrected chi connectivity index (χ3v) is 3.85. The van der Waals surface area contributed by atoms with Gasteiger partial charge in [0, 0.05) is 17.6 Å². The van der Waals surface area contributed by atoms with E-state index in [4.69, 9.17) is 5.73 Å². The molecular formula is C15H21F3N2. The van der Waals surface area contributed by atoms with Crippen molar-refractivity contribution >= 4 is 5.69 Å². The Morgan fingerprint density at radius 2 is 1.80 bits per heavy atom. The summed E-state index contributed by atoms with van der Waals surface area (Å²) in [5, 5.41) is 0. The molecule has 20 heavy (non-hydrogen) atoms. The Kier molecular flexibility index (Phi) is 4.28. The van der Waals surface area contributed by atoms with Crippen molar-refractivity contribution in [3.05, 3.63) is 29.8 Å². The van der Waals surface area contributed by atoms with E-state index in [1.807, 2.05) is 31.2 Å². The highest BCUT2D eigenvalue weighted by atomic mass is 19.4. The molecule has 0 heterocycles. The molecule has 1 aromatic rings. The molecule has 1 saturated carbocycles. The van der Waals surface area contributed by atoms with Gasteiger partial charge in [-0.15, -0.1) is 0 Å². The average molecular weight is 286 g/mol. The second-order valence-corrected chi connectivity index (χ2v) is 5.73. The van der Waals surface area contributed by atoms with Crippen LogP contribution in [0.25, 0.3) is 0 Å². The maximum atomic E-state index is 12.6. The van der Waals surface area contributed by atoms with E-state index in [0.717, 1.165) is 24.8 Å². The van der Waals surface area contributed by atoms with Crippen LogP contribution in [-0.2, 0) is 5.41 Å². The maximum Gasteiger partial charge on any atom is 0.401 e. The van der Waals surface area contributed by atoms with Crippen LogP contribution in [0.3, 0.4) is 0 Å². The lowest BCUT2D eigenvalue weighted by atomic mass is 9.95. The zero-order valence-electron chi connectivity index (χ0n) is 11.7. The number of nitrogens with two attached hydrogens (primary N) is 1. The van der Waals surface area contributed by atoms with Crippen molar-refractivity contribution in [3.8, 4) is 0 Å². The second kappa shape index (κ2) is 5.64. The van der Waals surface area contributed by atoms with Gasteiger partial charge in [0.15, 0.2) is 0 Å². The number of halogens is 3. The molecule has 0 atom stereocenters. The predicted molar refractivity (Wildman–Crippen MR) is 74.6 cm³/mol. The molecule has 0 aliphatic heterocycles. The van der Waals surface area contributed by atoms with Crippen LogP contribution >= 0.6 is 0 Å². The Balaban J connectivity index is 2.07. The van der Waals surface area contributed by atoms with Crippen LogP contribution in [0, 0.1) is 0 Å². The van der Waals surface area contributed by atoms with Gasteiger partial charge >= 0.3 is 6.18 Å². The third-order valence-electron chi connectivity index (χ3n) is 3.85. The molecule has 0 unspecified atom stereocenters. The quantitative estimate of drug-likeness (QED) is 0.810. The molecule has 112 valence electrons. The molecule has 2 nitrogen and oxygen atoms in total. The molecule has 0 saturated heterocycles. The van der Waals surface area contributed by atoms with Gasteiger partial charge in [-0.3, -0.25) is 4.90 Å². The van der Waals surface area contributed by atoms with E-state index in [-0.39, 0.29) is 5.41 Å². The fourth-order valence-electron chi connectivity index (χ4n) is 2.74. The molecule has 0 amide bonds. The lowest BCUT2D eigenvalue weighted by molar-refractivity contribution is -0.146. The Labute approximate surface area is 117 Å². The summed E-state index contributed by atoms with van der Waals surface area (Å²) in [6.45, 7) is 2.05. The van der Waals surface area contributed by atoms with E-state index < -0.39 is 12.7 Å². The number of anilines is 1. The maximum absolute atomic E-state index is 12.6. The summed E-state index contributed by atoms with van der Waals surface area (Å²) in [6.07, 6.45) is -1.50. The highest BCUT2D eigenvalue weighted by molar-refractivity contribution is 5.43. The fourth-order valence-corrected chi connectivity index (χ4v) is 2.74. The number of benzene rings is 1. The lowest BCUT2D eigenvalue weighted by Crippen LogP contribution is -2.39. The molecule has 1 aromatic carbocycles.